The smallest absolute Gasteiger partial charge is 0.120 e. The van der Waals surface area contributed by atoms with Crippen LogP contribution < -0.4 is 10.9 Å². The van der Waals surface area contributed by atoms with Gasteiger partial charge < -0.3 is 10.3 Å². The van der Waals surface area contributed by atoms with E-state index in [2.05, 4.69) is 53.6 Å². The molecule has 96 valence electrons. The van der Waals surface area contributed by atoms with Crippen molar-refractivity contribution in [2.45, 2.75) is 20.8 Å². The zero-order chi connectivity index (χ0) is 12.3. The Morgan fingerprint density at radius 1 is 1.12 bits per heavy atom. The van der Waals surface area contributed by atoms with Crippen LogP contribution in [0.2, 0.25) is 0 Å². The number of hydrazine groups is 1. The fraction of sp³-hybridized carbons (Fsp3) is 0.692. The SMILES string of the molecule is CC1=CC=C(N2CCN(CC(C)C)CC2)NN1. The maximum absolute atomic E-state index is 3.24. The summed E-state index contributed by atoms with van der Waals surface area (Å²) in [5, 5.41) is 0. The van der Waals surface area contributed by atoms with Crippen LogP contribution in [0.1, 0.15) is 20.8 Å². The van der Waals surface area contributed by atoms with E-state index in [0.717, 1.165) is 24.7 Å². The standard InChI is InChI=1S/C13H24N4/c1-11(2)10-16-6-8-17(9-7-16)13-5-4-12(3)14-15-13/h4-5,11,14-15H,6-10H2,1-3H3. The van der Waals surface area contributed by atoms with Crippen molar-refractivity contribution < 1.29 is 0 Å². The molecule has 0 unspecified atom stereocenters. The maximum Gasteiger partial charge on any atom is 0.120 e. The van der Waals surface area contributed by atoms with E-state index in [1.807, 2.05) is 0 Å². The molecule has 0 aliphatic carbocycles. The summed E-state index contributed by atoms with van der Waals surface area (Å²) in [6, 6.07) is 0. The van der Waals surface area contributed by atoms with Crippen LogP contribution in [-0.2, 0) is 0 Å². The topological polar surface area (TPSA) is 30.5 Å². The van der Waals surface area contributed by atoms with Crippen LogP contribution in [0, 0.1) is 5.92 Å². The molecule has 2 aliphatic heterocycles. The second kappa shape index (κ2) is 5.45. The summed E-state index contributed by atoms with van der Waals surface area (Å²) < 4.78 is 0. The summed E-state index contributed by atoms with van der Waals surface area (Å²) in [7, 11) is 0. The molecule has 2 N–H and O–H groups in total. The molecule has 4 nitrogen and oxygen atoms in total. The molecule has 1 fully saturated rings. The number of rotatable bonds is 3. The Bertz CT molecular complexity index is 311. The first kappa shape index (κ1) is 12.3. The molecule has 4 heteroatoms. The Kier molecular flexibility index (Phi) is 3.94. The van der Waals surface area contributed by atoms with E-state index in [-0.39, 0.29) is 0 Å². The average molecular weight is 236 g/mol. The van der Waals surface area contributed by atoms with Gasteiger partial charge in [-0.15, -0.1) is 0 Å². The summed E-state index contributed by atoms with van der Waals surface area (Å²) in [6.45, 7) is 12.4. The van der Waals surface area contributed by atoms with Crippen LogP contribution in [0.25, 0.3) is 0 Å². The summed E-state index contributed by atoms with van der Waals surface area (Å²) in [6.07, 6.45) is 4.27. The van der Waals surface area contributed by atoms with Crippen molar-refractivity contribution >= 4 is 0 Å². The molecule has 0 aromatic heterocycles. The summed E-state index contributed by atoms with van der Waals surface area (Å²) in [4.78, 5) is 4.96. The van der Waals surface area contributed by atoms with Crippen molar-refractivity contribution in [3.8, 4) is 0 Å². The average Bonchev–Trinajstić information content (AvgIpc) is 2.30. The fourth-order valence-corrected chi connectivity index (χ4v) is 2.32. The van der Waals surface area contributed by atoms with E-state index in [9.17, 15) is 0 Å². The summed E-state index contributed by atoms with van der Waals surface area (Å²) in [5.74, 6) is 1.96. The molecule has 2 heterocycles. The van der Waals surface area contributed by atoms with Gasteiger partial charge in [-0.2, -0.15) is 0 Å². The number of nitrogens with zero attached hydrogens (tertiary/aromatic N) is 2. The third-order valence-electron chi connectivity index (χ3n) is 3.22. The molecule has 0 bridgehead atoms. The lowest BCUT2D eigenvalue weighted by Gasteiger charge is -2.38. The zero-order valence-corrected chi connectivity index (χ0v) is 11.2. The summed E-state index contributed by atoms with van der Waals surface area (Å²) >= 11 is 0. The molecule has 0 aromatic carbocycles. The Balaban J connectivity index is 1.83. The molecular weight excluding hydrogens is 212 g/mol. The molecule has 0 saturated carbocycles. The van der Waals surface area contributed by atoms with Gasteiger partial charge in [0.15, 0.2) is 0 Å². The van der Waals surface area contributed by atoms with Crippen molar-refractivity contribution in [1.82, 2.24) is 20.7 Å². The van der Waals surface area contributed by atoms with E-state index < -0.39 is 0 Å². The highest BCUT2D eigenvalue weighted by atomic mass is 15.5. The van der Waals surface area contributed by atoms with Gasteiger partial charge in [0.25, 0.3) is 0 Å². The molecule has 0 aromatic rings. The van der Waals surface area contributed by atoms with Gasteiger partial charge in [-0.1, -0.05) is 13.8 Å². The quantitative estimate of drug-likeness (QED) is 0.768. The van der Waals surface area contributed by atoms with Crippen molar-refractivity contribution in [2.75, 3.05) is 32.7 Å². The Morgan fingerprint density at radius 2 is 1.82 bits per heavy atom. The molecule has 0 amide bonds. The molecule has 1 saturated heterocycles. The third-order valence-corrected chi connectivity index (χ3v) is 3.22. The first-order valence-corrected chi connectivity index (χ1v) is 6.53. The minimum atomic E-state index is 0.765. The first-order chi connectivity index (χ1) is 8.15. The fourth-order valence-electron chi connectivity index (χ4n) is 2.32. The van der Waals surface area contributed by atoms with Gasteiger partial charge in [-0.3, -0.25) is 10.3 Å². The van der Waals surface area contributed by atoms with Crippen molar-refractivity contribution in [3.63, 3.8) is 0 Å². The number of piperazine rings is 1. The highest BCUT2D eigenvalue weighted by molar-refractivity contribution is 5.18. The lowest BCUT2D eigenvalue weighted by Crippen LogP contribution is -2.50. The van der Waals surface area contributed by atoms with Gasteiger partial charge in [0, 0.05) is 38.4 Å². The number of hydrogen-bond acceptors (Lipinski definition) is 4. The molecule has 0 atom stereocenters. The lowest BCUT2D eigenvalue weighted by atomic mass is 10.2. The highest BCUT2D eigenvalue weighted by Gasteiger charge is 2.19. The predicted octanol–water partition coefficient (Wildman–Crippen LogP) is 1.11. The van der Waals surface area contributed by atoms with E-state index in [0.29, 0.717) is 0 Å². The Labute approximate surface area is 104 Å². The van der Waals surface area contributed by atoms with Gasteiger partial charge in [-0.05, 0) is 25.0 Å². The van der Waals surface area contributed by atoms with Crippen LogP contribution in [0.4, 0.5) is 0 Å². The maximum atomic E-state index is 3.24. The van der Waals surface area contributed by atoms with Gasteiger partial charge in [0.05, 0.1) is 0 Å². The van der Waals surface area contributed by atoms with E-state index in [4.69, 9.17) is 0 Å². The number of allylic oxidation sites excluding steroid dienone is 3. The normalized spacial score (nSPS) is 21.8. The molecule has 2 aliphatic rings. The van der Waals surface area contributed by atoms with Crippen LogP contribution in [0.15, 0.2) is 23.7 Å². The van der Waals surface area contributed by atoms with Gasteiger partial charge >= 0.3 is 0 Å². The highest BCUT2D eigenvalue weighted by Crippen LogP contribution is 2.11. The monoisotopic (exact) mass is 236 g/mol. The van der Waals surface area contributed by atoms with Crippen LogP contribution in [0.3, 0.4) is 0 Å². The first-order valence-electron chi connectivity index (χ1n) is 6.53. The second-order valence-electron chi connectivity index (χ2n) is 5.33. The minimum absolute atomic E-state index is 0.765. The zero-order valence-electron chi connectivity index (χ0n) is 11.2. The lowest BCUT2D eigenvalue weighted by molar-refractivity contribution is 0.138. The number of nitrogens with one attached hydrogen (secondary N) is 2. The molecule has 2 rings (SSSR count). The van der Waals surface area contributed by atoms with E-state index in [1.54, 1.807) is 0 Å². The van der Waals surface area contributed by atoms with E-state index >= 15 is 0 Å². The summed E-state index contributed by atoms with van der Waals surface area (Å²) in [5.41, 5.74) is 7.56. The Hall–Kier alpha value is -1.16. The third kappa shape index (κ3) is 3.40. The predicted molar refractivity (Wildman–Crippen MR) is 71.0 cm³/mol. The van der Waals surface area contributed by atoms with Crippen LogP contribution >= 0.6 is 0 Å². The van der Waals surface area contributed by atoms with Crippen molar-refractivity contribution in [3.05, 3.63) is 23.7 Å². The molecule has 0 spiro atoms. The molecular formula is C13H24N4. The second-order valence-corrected chi connectivity index (χ2v) is 5.33. The van der Waals surface area contributed by atoms with Gasteiger partial charge in [-0.25, -0.2) is 0 Å². The van der Waals surface area contributed by atoms with Crippen LogP contribution in [0.5, 0.6) is 0 Å². The van der Waals surface area contributed by atoms with Crippen molar-refractivity contribution in [2.24, 2.45) is 5.92 Å². The minimum Gasteiger partial charge on any atom is -0.355 e. The van der Waals surface area contributed by atoms with E-state index in [1.165, 1.54) is 25.5 Å². The van der Waals surface area contributed by atoms with Gasteiger partial charge in [0.1, 0.15) is 5.82 Å². The largest absolute Gasteiger partial charge is 0.355 e. The number of hydrogen-bond donors (Lipinski definition) is 2. The van der Waals surface area contributed by atoms with Crippen LogP contribution in [-0.4, -0.2) is 42.5 Å². The van der Waals surface area contributed by atoms with Crippen molar-refractivity contribution in [1.29, 1.82) is 0 Å². The molecule has 0 radical (unpaired) electrons. The Morgan fingerprint density at radius 3 is 2.35 bits per heavy atom. The van der Waals surface area contributed by atoms with Gasteiger partial charge in [0.2, 0.25) is 0 Å². The molecule has 17 heavy (non-hydrogen) atoms.